The van der Waals surface area contributed by atoms with Crippen LogP contribution in [0.2, 0.25) is 0 Å². The van der Waals surface area contributed by atoms with Gasteiger partial charge < -0.3 is 5.11 Å². The van der Waals surface area contributed by atoms with Gasteiger partial charge in [-0.05, 0) is 18.6 Å². The number of aliphatic hydroxyl groups is 1. The number of hydrogen-bond acceptors (Lipinski definition) is 2. The molecule has 0 fully saturated rings. The van der Waals surface area contributed by atoms with E-state index in [0.29, 0.717) is 6.42 Å². The number of rotatable bonds is 3. The molecule has 0 aliphatic rings. The van der Waals surface area contributed by atoms with E-state index >= 15 is 0 Å². The van der Waals surface area contributed by atoms with E-state index in [4.69, 9.17) is 0 Å². The second kappa shape index (κ2) is 4.16. The molecule has 1 rings (SSSR count). The predicted octanol–water partition coefficient (Wildman–Crippen LogP) is 2.05. The molecule has 1 aromatic heterocycles. The third-order valence-electron chi connectivity index (χ3n) is 1.66. The van der Waals surface area contributed by atoms with E-state index < -0.39 is 11.9 Å². The van der Waals surface area contributed by atoms with E-state index in [1.807, 2.05) is 6.92 Å². The first-order chi connectivity index (χ1) is 5.75. The molecule has 0 aromatic carbocycles. The molecular weight excluding hydrogens is 157 g/mol. The zero-order chi connectivity index (χ0) is 8.97. The molecule has 0 amide bonds. The molecule has 0 aliphatic carbocycles. The van der Waals surface area contributed by atoms with Crippen molar-refractivity contribution >= 4 is 0 Å². The lowest BCUT2D eigenvalue weighted by molar-refractivity contribution is 0.156. The Morgan fingerprint density at radius 3 is 3.00 bits per heavy atom. The van der Waals surface area contributed by atoms with Gasteiger partial charge in [0.25, 0.3) is 0 Å². The number of pyridine rings is 1. The lowest BCUT2D eigenvalue weighted by atomic mass is 10.1. The number of aromatic nitrogens is 1. The summed E-state index contributed by atoms with van der Waals surface area (Å²) in [6.45, 7) is 1.93. The maximum absolute atomic E-state index is 12.9. The van der Waals surface area contributed by atoms with Gasteiger partial charge in [0.2, 0.25) is 0 Å². The summed E-state index contributed by atoms with van der Waals surface area (Å²) in [5.74, 6) is -0.432. The molecule has 1 N–H and O–H groups in total. The van der Waals surface area contributed by atoms with Gasteiger partial charge in [0.15, 0.2) is 0 Å². The van der Waals surface area contributed by atoms with E-state index in [1.54, 1.807) is 0 Å². The molecule has 12 heavy (non-hydrogen) atoms. The largest absolute Gasteiger partial charge is 0.387 e. The number of halogens is 1. The highest BCUT2D eigenvalue weighted by Crippen LogP contribution is 2.17. The Bertz CT molecular complexity index is 252. The summed E-state index contributed by atoms with van der Waals surface area (Å²) in [4.78, 5) is 3.77. The molecule has 0 aliphatic heterocycles. The van der Waals surface area contributed by atoms with Gasteiger partial charge in [-0.15, -0.1) is 0 Å². The van der Waals surface area contributed by atoms with Crippen molar-refractivity contribution in [2.75, 3.05) is 0 Å². The normalized spacial score (nSPS) is 12.9. The molecule has 66 valence electrons. The van der Waals surface area contributed by atoms with Crippen LogP contribution in [0.15, 0.2) is 18.3 Å². The molecule has 3 heteroatoms. The second-order valence-corrected chi connectivity index (χ2v) is 2.67. The first-order valence-electron chi connectivity index (χ1n) is 4.04. The maximum Gasteiger partial charge on any atom is 0.147 e. The topological polar surface area (TPSA) is 33.1 Å². The van der Waals surface area contributed by atoms with Crippen LogP contribution in [0.4, 0.5) is 4.39 Å². The Labute approximate surface area is 71.1 Å². The van der Waals surface area contributed by atoms with Crippen LogP contribution in [0.25, 0.3) is 0 Å². The second-order valence-electron chi connectivity index (χ2n) is 2.67. The molecule has 0 unspecified atom stereocenters. The minimum atomic E-state index is -0.767. The van der Waals surface area contributed by atoms with Gasteiger partial charge in [0, 0.05) is 6.20 Å². The number of hydrogen-bond donors (Lipinski definition) is 1. The summed E-state index contributed by atoms with van der Waals surface area (Å²) in [7, 11) is 0. The fourth-order valence-corrected chi connectivity index (χ4v) is 1.05. The van der Waals surface area contributed by atoms with Crippen LogP contribution in [0, 0.1) is 5.82 Å². The standard InChI is InChI=1S/C9H12FNO/c1-2-4-8(12)9-7(10)5-3-6-11-9/h3,5-6,8,12H,2,4H2,1H3/t8-/m0/s1. The summed E-state index contributed by atoms with van der Waals surface area (Å²) in [5, 5.41) is 9.40. The Morgan fingerprint density at radius 1 is 1.67 bits per heavy atom. The molecule has 0 spiro atoms. The molecule has 0 saturated carbocycles. The minimum Gasteiger partial charge on any atom is -0.387 e. The van der Waals surface area contributed by atoms with Crippen molar-refractivity contribution in [3.05, 3.63) is 29.8 Å². The van der Waals surface area contributed by atoms with E-state index in [9.17, 15) is 9.50 Å². The number of aliphatic hydroxyl groups excluding tert-OH is 1. The smallest absolute Gasteiger partial charge is 0.147 e. The first kappa shape index (κ1) is 9.13. The van der Waals surface area contributed by atoms with Gasteiger partial charge in [0.1, 0.15) is 11.5 Å². The van der Waals surface area contributed by atoms with Gasteiger partial charge in [0.05, 0.1) is 6.10 Å². The Hall–Kier alpha value is -0.960. The van der Waals surface area contributed by atoms with Gasteiger partial charge in [-0.25, -0.2) is 4.39 Å². The zero-order valence-electron chi connectivity index (χ0n) is 7.00. The van der Waals surface area contributed by atoms with Crippen molar-refractivity contribution in [2.45, 2.75) is 25.9 Å². The van der Waals surface area contributed by atoms with Gasteiger partial charge in [-0.1, -0.05) is 13.3 Å². The van der Waals surface area contributed by atoms with E-state index in [0.717, 1.165) is 6.42 Å². The lowest BCUT2D eigenvalue weighted by Gasteiger charge is -2.08. The molecule has 0 bridgehead atoms. The highest BCUT2D eigenvalue weighted by Gasteiger charge is 2.11. The van der Waals surface area contributed by atoms with E-state index in [-0.39, 0.29) is 5.69 Å². The molecule has 1 heterocycles. The van der Waals surface area contributed by atoms with Crippen molar-refractivity contribution in [1.82, 2.24) is 4.98 Å². The van der Waals surface area contributed by atoms with Gasteiger partial charge >= 0.3 is 0 Å². The van der Waals surface area contributed by atoms with E-state index in [1.165, 1.54) is 18.3 Å². The Balaban J connectivity index is 2.79. The summed E-state index contributed by atoms with van der Waals surface area (Å²) in [6.07, 6.45) is 2.08. The van der Waals surface area contributed by atoms with Crippen LogP contribution in [0.3, 0.4) is 0 Å². The molecule has 1 aromatic rings. The lowest BCUT2D eigenvalue weighted by Crippen LogP contribution is -2.02. The summed E-state index contributed by atoms with van der Waals surface area (Å²) < 4.78 is 12.9. The van der Waals surface area contributed by atoms with Crippen LogP contribution in [-0.4, -0.2) is 10.1 Å². The average Bonchev–Trinajstić information content (AvgIpc) is 2.05. The van der Waals surface area contributed by atoms with Crippen LogP contribution in [-0.2, 0) is 0 Å². The SMILES string of the molecule is CCC[C@H](O)c1ncccc1F. The highest BCUT2D eigenvalue weighted by molar-refractivity contribution is 5.09. The first-order valence-corrected chi connectivity index (χ1v) is 4.04. The monoisotopic (exact) mass is 169 g/mol. The van der Waals surface area contributed by atoms with Crippen LogP contribution < -0.4 is 0 Å². The third-order valence-corrected chi connectivity index (χ3v) is 1.66. The average molecular weight is 169 g/mol. The maximum atomic E-state index is 12.9. The fraction of sp³-hybridized carbons (Fsp3) is 0.444. The quantitative estimate of drug-likeness (QED) is 0.751. The summed E-state index contributed by atoms with van der Waals surface area (Å²) in [5.41, 5.74) is 0.152. The van der Waals surface area contributed by atoms with Crippen molar-refractivity contribution < 1.29 is 9.50 Å². The highest BCUT2D eigenvalue weighted by atomic mass is 19.1. The molecular formula is C9H12FNO. The van der Waals surface area contributed by atoms with Crippen molar-refractivity contribution in [3.63, 3.8) is 0 Å². The van der Waals surface area contributed by atoms with E-state index in [2.05, 4.69) is 4.98 Å². The molecule has 0 radical (unpaired) electrons. The minimum absolute atomic E-state index is 0.152. The Morgan fingerprint density at radius 2 is 2.42 bits per heavy atom. The van der Waals surface area contributed by atoms with Crippen LogP contribution >= 0.6 is 0 Å². The molecule has 1 atom stereocenters. The van der Waals surface area contributed by atoms with Crippen molar-refractivity contribution in [2.24, 2.45) is 0 Å². The number of nitrogens with zero attached hydrogens (tertiary/aromatic N) is 1. The third kappa shape index (κ3) is 2.01. The predicted molar refractivity (Wildman–Crippen MR) is 44.1 cm³/mol. The van der Waals surface area contributed by atoms with Gasteiger partial charge in [-0.2, -0.15) is 0 Å². The fourth-order valence-electron chi connectivity index (χ4n) is 1.05. The zero-order valence-corrected chi connectivity index (χ0v) is 7.00. The van der Waals surface area contributed by atoms with Crippen molar-refractivity contribution in [1.29, 1.82) is 0 Å². The summed E-state index contributed by atoms with van der Waals surface area (Å²) >= 11 is 0. The van der Waals surface area contributed by atoms with Crippen LogP contribution in [0.1, 0.15) is 31.6 Å². The van der Waals surface area contributed by atoms with Gasteiger partial charge in [-0.3, -0.25) is 4.98 Å². The Kier molecular flexibility index (Phi) is 3.17. The van der Waals surface area contributed by atoms with Crippen LogP contribution in [0.5, 0.6) is 0 Å². The molecule has 2 nitrogen and oxygen atoms in total. The molecule has 0 saturated heterocycles. The van der Waals surface area contributed by atoms with Crippen molar-refractivity contribution in [3.8, 4) is 0 Å². The summed E-state index contributed by atoms with van der Waals surface area (Å²) in [6, 6.07) is 2.82.